The molecule has 1 unspecified atom stereocenters. The number of hydrogen-bond acceptors (Lipinski definition) is 6. The molecule has 3 aromatic carbocycles. The van der Waals surface area contributed by atoms with E-state index in [0.717, 1.165) is 24.3 Å². The van der Waals surface area contributed by atoms with Crippen molar-refractivity contribution in [2.45, 2.75) is 37.9 Å². The number of carbonyl (C=O) groups is 1. The number of esters is 1. The van der Waals surface area contributed by atoms with Gasteiger partial charge < -0.3 is 14.6 Å². The Morgan fingerprint density at radius 2 is 1.12 bits per heavy atom. The van der Waals surface area contributed by atoms with Crippen molar-refractivity contribution in [2.75, 3.05) is 6.61 Å². The highest BCUT2D eigenvalue weighted by Gasteiger charge is 2.71. The number of benzene rings is 3. The van der Waals surface area contributed by atoms with Gasteiger partial charge in [0.1, 0.15) is 18.1 Å². The Morgan fingerprint density at radius 3 is 1.54 bits per heavy atom. The van der Waals surface area contributed by atoms with Gasteiger partial charge in [-0.05, 0) is 60.7 Å². The Morgan fingerprint density at radius 1 is 0.707 bits per heavy atom. The number of hydrogen-bond donors (Lipinski definition) is 2. The van der Waals surface area contributed by atoms with Crippen LogP contribution in [0, 0.1) is 0 Å². The highest BCUT2D eigenvalue weighted by atomic mass is 32.2. The molecule has 0 aromatic heterocycles. The topological polar surface area (TPSA) is 110 Å². The molecule has 2 N–H and O–H groups in total. The third kappa shape index (κ3) is 6.91. The third-order valence-electron chi connectivity index (χ3n) is 5.26. The van der Waals surface area contributed by atoms with Crippen LogP contribution in [-0.2, 0) is 25.8 Å². The van der Waals surface area contributed by atoms with Crippen molar-refractivity contribution in [3.63, 3.8) is 0 Å². The van der Waals surface area contributed by atoms with Crippen molar-refractivity contribution >= 4 is 27.0 Å². The predicted octanol–water partition coefficient (Wildman–Crippen LogP) is 5.40. The van der Waals surface area contributed by atoms with E-state index in [2.05, 4.69) is 9.47 Å². The highest BCUT2D eigenvalue weighted by Crippen LogP contribution is 2.43. The molecule has 3 rings (SSSR count). The van der Waals surface area contributed by atoms with E-state index < -0.39 is 68.3 Å². The Balaban J connectivity index is 1.88. The monoisotopic (exact) mass is 633 g/mol. The van der Waals surface area contributed by atoms with E-state index in [1.165, 1.54) is 24.3 Å². The average Bonchev–Trinajstić information content (AvgIpc) is 2.87. The number of carbonyl (C=O) groups excluding carboxylic acids is 1. The fourth-order valence-electron chi connectivity index (χ4n) is 3.06. The molecule has 0 spiro atoms. The number of ether oxygens (including phenoxy) is 2. The summed E-state index contributed by atoms with van der Waals surface area (Å²) < 4.78 is 143. The van der Waals surface area contributed by atoms with Gasteiger partial charge in [-0.2, -0.15) is 43.5 Å². The molecule has 0 fully saturated rings. The fourth-order valence-corrected chi connectivity index (χ4v) is 5.38. The van der Waals surface area contributed by atoms with Crippen molar-refractivity contribution in [1.29, 1.82) is 0 Å². The Labute approximate surface area is 229 Å². The zero-order chi connectivity index (χ0) is 30.9. The van der Waals surface area contributed by atoms with Gasteiger partial charge in [0, 0.05) is 0 Å². The lowest BCUT2D eigenvalue weighted by molar-refractivity contribution is -0.373. The summed E-state index contributed by atoms with van der Waals surface area (Å²) in [6.45, 7) is -2.15. The lowest BCUT2D eigenvalue weighted by Crippen LogP contribution is -2.60. The molecule has 41 heavy (non-hydrogen) atoms. The first-order valence-electron chi connectivity index (χ1n) is 10.8. The number of alkyl halides is 8. The van der Waals surface area contributed by atoms with Gasteiger partial charge in [-0.3, -0.25) is 4.55 Å². The van der Waals surface area contributed by atoms with Crippen LogP contribution in [-0.4, -0.2) is 53.9 Å². The Bertz CT molecular complexity index is 1450. The summed E-state index contributed by atoms with van der Waals surface area (Å²) >= 11 is 0. The maximum atomic E-state index is 13.5. The number of rotatable bonds is 9. The standard InChI is InChI=1S/C24H16F8O7S2/c25-22(26,41(35,36)37)20(33)39-16-8-12-19(13-9-16)40(17-4-2-1-3-5-17)18-10-6-15(7-11-18)38-14-21(34,23(27,28)29)24(30,31)32/h1-13,34H,14H2/p+1. The molecule has 0 saturated carbocycles. The minimum atomic E-state index is -6.09. The van der Waals surface area contributed by atoms with Gasteiger partial charge in [-0.25, -0.2) is 4.79 Å². The zero-order valence-corrected chi connectivity index (χ0v) is 21.6. The molecule has 1 atom stereocenters. The van der Waals surface area contributed by atoms with E-state index in [1.807, 2.05) is 0 Å². The number of halogens is 8. The summed E-state index contributed by atoms with van der Waals surface area (Å²) in [6, 6.07) is 18.1. The van der Waals surface area contributed by atoms with Crippen LogP contribution in [0.1, 0.15) is 0 Å². The second kappa shape index (κ2) is 11.5. The second-order valence-electron chi connectivity index (χ2n) is 8.09. The highest BCUT2D eigenvalue weighted by molar-refractivity contribution is 7.97. The van der Waals surface area contributed by atoms with E-state index in [4.69, 9.17) is 4.55 Å². The molecule has 7 nitrogen and oxygen atoms in total. The SMILES string of the molecule is O=C(Oc1ccc([S+](c2ccccc2)c2ccc(OCC(O)(C(F)(F)F)C(F)(F)F)cc2)cc1)C(F)(F)S(=O)(=O)O. The van der Waals surface area contributed by atoms with Gasteiger partial charge in [0.05, 0.1) is 10.9 Å². The number of aliphatic hydroxyl groups is 1. The van der Waals surface area contributed by atoms with Crippen LogP contribution in [0.25, 0.3) is 0 Å². The van der Waals surface area contributed by atoms with Crippen LogP contribution in [0.2, 0.25) is 0 Å². The first-order chi connectivity index (χ1) is 18.8. The lowest BCUT2D eigenvalue weighted by atomic mass is 10.0. The average molecular weight is 634 g/mol. The molecule has 222 valence electrons. The Hall–Kier alpha value is -3.41. The van der Waals surface area contributed by atoms with E-state index in [0.29, 0.717) is 14.7 Å². The molecular weight excluding hydrogens is 616 g/mol. The normalized spacial score (nSPS) is 13.9. The molecular formula is C24H17F8O7S2+. The fraction of sp³-hybridized carbons (Fsp3) is 0.208. The largest absolute Gasteiger partial charge is 0.490 e. The van der Waals surface area contributed by atoms with Gasteiger partial charge in [-0.1, -0.05) is 18.2 Å². The summed E-state index contributed by atoms with van der Waals surface area (Å²) in [6.07, 6.45) is -12.1. The maximum absolute atomic E-state index is 13.5. The summed E-state index contributed by atoms with van der Waals surface area (Å²) in [7, 11) is -7.10. The zero-order valence-electron chi connectivity index (χ0n) is 20.0. The molecule has 0 radical (unpaired) electrons. The van der Waals surface area contributed by atoms with Crippen molar-refractivity contribution in [2.24, 2.45) is 0 Å². The summed E-state index contributed by atoms with van der Waals surface area (Å²) in [5, 5.41) is 4.04. The van der Waals surface area contributed by atoms with E-state index >= 15 is 0 Å². The third-order valence-corrected chi connectivity index (χ3v) is 8.30. The summed E-state index contributed by atoms with van der Waals surface area (Å²) in [5.74, 6) is -3.46. The molecule has 0 aliphatic carbocycles. The summed E-state index contributed by atoms with van der Waals surface area (Å²) in [4.78, 5) is 13.1. The molecule has 3 aromatic rings. The van der Waals surface area contributed by atoms with E-state index in [9.17, 15) is 53.4 Å². The van der Waals surface area contributed by atoms with Gasteiger partial charge in [0.2, 0.25) is 0 Å². The lowest BCUT2D eigenvalue weighted by Gasteiger charge is -2.31. The quantitative estimate of drug-likeness (QED) is 0.107. The maximum Gasteiger partial charge on any atom is 0.466 e. The smallest absolute Gasteiger partial charge is 0.466 e. The van der Waals surface area contributed by atoms with Crippen LogP contribution >= 0.6 is 0 Å². The Kier molecular flexibility index (Phi) is 8.98. The predicted molar refractivity (Wildman–Crippen MR) is 126 cm³/mol. The molecule has 0 aliphatic heterocycles. The molecule has 0 aliphatic rings. The van der Waals surface area contributed by atoms with Gasteiger partial charge >= 0.3 is 33.7 Å². The van der Waals surface area contributed by atoms with Crippen LogP contribution in [0.5, 0.6) is 11.5 Å². The van der Waals surface area contributed by atoms with Crippen LogP contribution in [0.3, 0.4) is 0 Å². The van der Waals surface area contributed by atoms with Crippen molar-refractivity contribution in [3.05, 3.63) is 78.9 Å². The van der Waals surface area contributed by atoms with Gasteiger partial charge in [0.25, 0.3) is 5.60 Å². The van der Waals surface area contributed by atoms with Crippen LogP contribution < -0.4 is 9.47 Å². The van der Waals surface area contributed by atoms with E-state index in [-0.39, 0.29) is 0 Å². The van der Waals surface area contributed by atoms with Crippen LogP contribution in [0.4, 0.5) is 35.1 Å². The first-order valence-corrected chi connectivity index (χ1v) is 13.5. The molecule has 0 heterocycles. The molecule has 0 saturated heterocycles. The van der Waals surface area contributed by atoms with Crippen molar-refractivity contribution in [1.82, 2.24) is 0 Å². The van der Waals surface area contributed by atoms with Crippen molar-refractivity contribution < 1.29 is 67.5 Å². The first kappa shape index (κ1) is 32.1. The van der Waals surface area contributed by atoms with Crippen molar-refractivity contribution in [3.8, 4) is 11.5 Å². The molecule has 0 amide bonds. The van der Waals surface area contributed by atoms with E-state index in [1.54, 1.807) is 30.3 Å². The van der Waals surface area contributed by atoms with Crippen LogP contribution in [0.15, 0.2) is 93.5 Å². The minimum Gasteiger partial charge on any atom is -0.490 e. The van der Waals surface area contributed by atoms with Gasteiger partial charge in [-0.15, -0.1) is 0 Å². The molecule has 0 bridgehead atoms. The second-order valence-corrected chi connectivity index (χ2v) is 11.6. The minimum absolute atomic E-state index is 0.417. The van der Waals surface area contributed by atoms with Gasteiger partial charge in [0.15, 0.2) is 14.7 Å². The molecule has 17 heteroatoms. The summed E-state index contributed by atoms with van der Waals surface area (Å²) in [5.41, 5.74) is -5.11.